The van der Waals surface area contributed by atoms with Crippen LogP contribution in [0.4, 0.5) is 0 Å². The lowest BCUT2D eigenvalue weighted by molar-refractivity contribution is -0.147. The number of hydrogen-bond donors (Lipinski definition) is 0. The number of ether oxygens (including phenoxy) is 2. The molecule has 0 saturated carbocycles. The van der Waals surface area contributed by atoms with E-state index < -0.39 is 5.25 Å². The fourth-order valence-electron chi connectivity index (χ4n) is 0.870. The van der Waals surface area contributed by atoms with Crippen LogP contribution in [0.1, 0.15) is 5.56 Å². The molecule has 0 amide bonds. The molecule has 0 N–H and O–H groups in total. The van der Waals surface area contributed by atoms with Crippen molar-refractivity contribution in [1.82, 2.24) is 4.98 Å². The lowest BCUT2D eigenvalue weighted by atomic mass is 10.2. The molecule has 0 bridgehead atoms. The first-order chi connectivity index (χ1) is 5.73. The van der Waals surface area contributed by atoms with E-state index in [4.69, 9.17) is 21.1 Å². The molecule has 1 rings (SSSR count). The minimum absolute atomic E-state index is 0.726. The van der Waals surface area contributed by atoms with Crippen LogP contribution >= 0.6 is 11.6 Å². The van der Waals surface area contributed by atoms with Crippen LogP contribution < -0.4 is 0 Å². The Morgan fingerprint density at radius 3 is 2.17 bits per heavy atom. The third-order valence-corrected chi connectivity index (χ3v) is 2.08. The van der Waals surface area contributed by atoms with Gasteiger partial charge < -0.3 is 9.47 Å². The third-order valence-electron chi connectivity index (χ3n) is 1.55. The van der Waals surface area contributed by atoms with E-state index in [-0.39, 0.29) is 0 Å². The highest BCUT2D eigenvalue weighted by Crippen LogP contribution is 2.29. The summed E-state index contributed by atoms with van der Waals surface area (Å²) in [5, 5.41) is -1.19. The molecule has 1 aromatic rings. The van der Waals surface area contributed by atoms with E-state index in [9.17, 15) is 0 Å². The van der Waals surface area contributed by atoms with Crippen molar-refractivity contribution < 1.29 is 9.47 Å². The molecule has 0 aliphatic heterocycles. The van der Waals surface area contributed by atoms with Gasteiger partial charge in [-0.25, -0.2) is 0 Å². The Kier molecular flexibility index (Phi) is 3.03. The van der Waals surface area contributed by atoms with Crippen molar-refractivity contribution in [3.8, 4) is 0 Å². The SMILES string of the molecule is COC(Cl)(OC)c1ccncc1. The molecule has 4 heteroatoms. The van der Waals surface area contributed by atoms with Crippen LogP contribution in [-0.2, 0) is 14.7 Å². The summed E-state index contributed by atoms with van der Waals surface area (Å²) in [6, 6.07) is 3.47. The van der Waals surface area contributed by atoms with E-state index in [0.29, 0.717) is 0 Å². The minimum Gasteiger partial charge on any atom is -0.337 e. The number of hydrogen-bond acceptors (Lipinski definition) is 3. The maximum Gasteiger partial charge on any atom is 0.275 e. The molecular formula is C8H10ClNO2. The van der Waals surface area contributed by atoms with Gasteiger partial charge in [0.2, 0.25) is 0 Å². The third kappa shape index (κ3) is 1.75. The van der Waals surface area contributed by atoms with Gasteiger partial charge in [-0.3, -0.25) is 4.98 Å². The topological polar surface area (TPSA) is 31.4 Å². The van der Waals surface area contributed by atoms with Crippen LogP contribution in [0.3, 0.4) is 0 Å². The summed E-state index contributed by atoms with van der Waals surface area (Å²) in [5.41, 5.74) is 0.726. The highest BCUT2D eigenvalue weighted by molar-refractivity contribution is 6.22. The molecule has 3 nitrogen and oxygen atoms in total. The molecule has 0 aliphatic rings. The quantitative estimate of drug-likeness (QED) is 0.534. The molecule has 66 valence electrons. The number of halogens is 1. The van der Waals surface area contributed by atoms with Gasteiger partial charge in [-0.2, -0.15) is 0 Å². The molecule has 0 saturated heterocycles. The molecule has 0 atom stereocenters. The van der Waals surface area contributed by atoms with Gasteiger partial charge >= 0.3 is 0 Å². The first kappa shape index (κ1) is 9.45. The van der Waals surface area contributed by atoms with E-state index in [0.717, 1.165) is 5.56 Å². The second-order valence-electron chi connectivity index (χ2n) is 2.18. The Hall–Kier alpha value is -0.640. The monoisotopic (exact) mass is 187 g/mol. The number of pyridine rings is 1. The largest absolute Gasteiger partial charge is 0.337 e. The zero-order valence-corrected chi connectivity index (χ0v) is 7.71. The van der Waals surface area contributed by atoms with Crippen LogP contribution in [0, 0.1) is 0 Å². The Balaban J connectivity index is 2.95. The van der Waals surface area contributed by atoms with Crippen LogP contribution in [0.5, 0.6) is 0 Å². The van der Waals surface area contributed by atoms with Crippen molar-refractivity contribution in [2.75, 3.05) is 14.2 Å². The van der Waals surface area contributed by atoms with Crippen molar-refractivity contribution in [3.63, 3.8) is 0 Å². The first-order valence-corrected chi connectivity index (χ1v) is 3.80. The van der Waals surface area contributed by atoms with Crippen molar-refractivity contribution >= 4 is 11.6 Å². The van der Waals surface area contributed by atoms with E-state index in [2.05, 4.69) is 4.98 Å². The normalized spacial score (nSPS) is 11.6. The van der Waals surface area contributed by atoms with Gasteiger partial charge in [-0.1, -0.05) is 11.6 Å². The van der Waals surface area contributed by atoms with Crippen LogP contribution in [0.15, 0.2) is 24.5 Å². The summed E-state index contributed by atoms with van der Waals surface area (Å²) in [5.74, 6) is 0. The Bertz CT molecular complexity index is 236. The predicted octanol–water partition coefficient (Wildman–Crippen LogP) is 1.72. The second-order valence-corrected chi connectivity index (χ2v) is 2.68. The average Bonchev–Trinajstić information content (AvgIpc) is 2.18. The predicted molar refractivity (Wildman–Crippen MR) is 45.8 cm³/mol. The van der Waals surface area contributed by atoms with Gasteiger partial charge in [0.05, 0.1) is 0 Å². The van der Waals surface area contributed by atoms with Gasteiger partial charge in [0.25, 0.3) is 5.25 Å². The molecule has 0 radical (unpaired) electrons. The molecule has 1 heterocycles. The summed E-state index contributed by atoms with van der Waals surface area (Å²) in [7, 11) is 2.97. The lowest BCUT2D eigenvalue weighted by Crippen LogP contribution is -2.23. The van der Waals surface area contributed by atoms with Crippen LogP contribution in [0.2, 0.25) is 0 Å². The maximum atomic E-state index is 5.96. The summed E-state index contributed by atoms with van der Waals surface area (Å²) in [6.45, 7) is 0. The molecule has 0 unspecified atom stereocenters. The summed E-state index contributed by atoms with van der Waals surface area (Å²) in [6.07, 6.45) is 3.26. The van der Waals surface area contributed by atoms with Gasteiger partial charge in [0.15, 0.2) is 0 Å². The molecule has 0 aromatic carbocycles. The highest BCUT2D eigenvalue weighted by atomic mass is 35.5. The molecule has 12 heavy (non-hydrogen) atoms. The lowest BCUT2D eigenvalue weighted by Gasteiger charge is -2.23. The number of nitrogens with zero attached hydrogens (tertiary/aromatic N) is 1. The highest BCUT2D eigenvalue weighted by Gasteiger charge is 2.28. The summed E-state index contributed by atoms with van der Waals surface area (Å²) >= 11 is 5.96. The number of alkyl halides is 1. The zero-order valence-electron chi connectivity index (χ0n) is 6.95. The number of aromatic nitrogens is 1. The van der Waals surface area contributed by atoms with Gasteiger partial charge in [-0.15, -0.1) is 0 Å². The van der Waals surface area contributed by atoms with Crippen LogP contribution in [0.25, 0.3) is 0 Å². The van der Waals surface area contributed by atoms with E-state index in [1.807, 2.05) is 0 Å². The van der Waals surface area contributed by atoms with Crippen molar-refractivity contribution in [2.24, 2.45) is 0 Å². The van der Waals surface area contributed by atoms with Crippen LogP contribution in [-0.4, -0.2) is 19.2 Å². The Morgan fingerprint density at radius 1 is 1.25 bits per heavy atom. The zero-order chi connectivity index (χ0) is 9.03. The van der Waals surface area contributed by atoms with Gasteiger partial charge in [0.1, 0.15) is 0 Å². The molecule has 0 spiro atoms. The Morgan fingerprint density at radius 2 is 1.75 bits per heavy atom. The van der Waals surface area contributed by atoms with Gasteiger partial charge in [0, 0.05) is 32.2 Å². The van der Waals surface area contributed by atoms with E-state index in [1.54, 1.807) is 24.5 Å². The summed E-state index contributed by atoms with van der Waals surface area (Å²) < 4.78 is 9.98. The standard InChI is InChI=1S/C8H10ClNO2/c1-11-8(9,12-2)7-3-5-10-6-4-7/h3-6H,1-2H3. The average molecular weight is 188 g/mol. The van der Waals surface area contributed by atoms with Gasteiger partial charge in [-0.05, 0) is 12.1 Å². The summed E-state index contributed by atoms with van der Waals surface area (Å²) in [4.78, 5) is 3.86. The molecular weight excluding hydrogens is 178 g/mol. The second kappa shape index (κ2) is 3.85. The van der Waals surface area contributed by atoms with E-state index >= 15 is 0 Å². The fraction of sp³-hybridized carbons (Fsp3) is 0.375. The molecule has 1 aromatic heterocycles. The number of methoxy groups -OCH3 is 2. The van der Waals surface area contributed by atoms with E-state index in [1.165, 1.54) is 14.2 Å². The fourth-order valence-corrected chi connectivity index (χ4v) is 0.996. The first-order valence-electron chi connectivity index (χ1n) is 3.42. The molecule has 0 aliphatic carbocycles. The van der Waals surface area contributed by atoms with Crippen molar-refractivity contribution in [2.45, 2.75) is 5.25 Å². The number of rotatable bonds is 3. The maximum absolute atomic E-state index is 5.96. The Labute approximate surface area is 76.3 Å². The van der Waals surface area contributed by atoms with Crippen molar-refractivity contribution in [3.05, 3.63) is 30.1 Å². The van der Waals surface area contributed by atoms with Crippen molar-refractivity contribution in [1.29, 1.82) is 0 Å². The molecule has 0 fully saturated rings. The smallest absolute Gasteiger partial charge is 0.275 e. The minimum atomic E-state index is -1.19.